The number of ether oxygens (including phenoxy) is 1. The van der Waals surface area contributed by atoms with E-state index in [1.165, 1.54) is 0 Å². The number of aromatic hydroxyl groups is 1. The third-order valence-corrected chi connectivity index (χ3v) is 3.59. The summed E-state index contributed by atoms with van der Waals surface area (Å²) in [5.74, 6) is 0.878. The fraction of sp³-hybridized carbons (Fsp3) is 0.176. The summed E-state index contributed by atoms with van der Waals surface area (Å²) in [5.41, 5.74) is 3.26. The Balaban J connectivity index is 1.86. The minimum absolute atomic E-state index is 0.0763. The van der Waals surface area contributed by atoms with Crippen LogP contribution in [-0.4, -0.2) is 32.3 Å². The topological polar surface area (TPSA) is 80.4 Å². The molecule has 0 saturated carbocycles. The predicted octanol–water partition coefficient (Wildman–Crippen LogP) is 2.20. The number of hydrogen-bond donors (Lipinski definition) is 2. The average Bonchev–Trinajstić information content (AvgIpc) is 3.03. The van der Waals surface area contributed by atoms with Crippen LogP contribution in [0, 0.1) is 0 Å². The summed E-state index contributed by atoms with van der Waals surface area (Å²) < 4.78 is 7.10. The maximum atomic E-state index is 9.38. The molecule has 0 amide bonds. The van der Waals surface area contributed by atoms with Crippen molar-refractivity contribution in [2.24, 2.45) is 0 Å². The highest BCUT2D eigenvalue weighted by Crippen LogP contribution is 2.25. The van der Waals surface area contributed by atoms with E-state index in [9.17, 15) is 10.2 Å². The van der Waals surface area contributed by atoms with Crippen molar-refractivity contribution < 1.29 is 14.9 Å². The SMILES string of the molecule is COc1c(CO)cccc1Cn1cc(-c2ccc(O)cc2)nn1. The number of para-hydroxylation sites is 1. The lowest BCUT2D eigenvalue weighted by atomic mass is 10.1. The first-order chi connectivity index (χ1) is 11.2. The fourth-order valence-corrected chi connectivity index (χ4v) is 2.46. The minimum atomic E-state index is -0.0763. The number of rotatable bonds is 5. The highest BCUT2D eigenvalue weighted by molar-refractivity contribution is 5.58. The van der Waals surface area contributed by atoms with Crippen molar-refractivity contribution in [3.05, 3.63) is 59.8 Å². The molecule has 23 heavy (non-hydrogen) atoms. The van der Waals surface area contributed by atoms with Crippen LogP contribution in [0.2, 0.25) is 0 Å². The maximum absolute atomic E-state index is 9.38. The van der Waals surface area contributed by atoms with Gasteiger partial charge in [-0.15, -0.1) is 5.10 Å². The minimum Gasteiger partial charge on any atom is -0.508 e. The second-order valence-electron chi connectivity index (χ2n) is 5.12. The number of phenols is 1. The molecule has 0 saturated heterocycles. The highest BCUT2D eigenvalue weighted by Gasteiger charge is 2.10. The summed E-state index contributed by atoms with van der Waals surface area (Å²) in [5, 5.41) is 27.0. The maximum Gasteiger partial charge on any atom is 0.129 e. The van der Waals surface area contributed by atoms with E-state index in [0.29, 0.717) is 12.3 Å². The normalized spacial score (nSPS) is 10.7. The molecule has 3 aromatic rings. The van der Waals surface area contributed by atoms with E-state index in [-0.39, 0.29) is 12.4 Å². The molecular formula is C17H17N3O3. The van der Waals surface area contributed by atoms with Crippen molar-refractivity contribution in [1.29, 1.82) is 0 Å². The molecule has 3 rings (SSSR count). The fourth-order valence-electron chi connectivity index (χ4n) is 2.46. The van der Waals surface area contributed by atoms with Crippen molar-refractivity contribution in [2.45, 2.75) is 13.2 Å². The average molecular weight is 311 g/mol. The molecule has 0 aliphatic carbocycles. The Labute approximate surface area is 133 Å². The van der Waals surface area contributed by atoms with Crippen LogP contribution >= 0.6 is 0 Å². The van der Waals surface area contributed by atoms with Gasteiger partial charge in [0.25, 0.3) is 0 Å². The number of benzene rings is 2. The molecule has 0 fully saturated rings. The molecule has 0 unspecified atom stereocenters. The Morgan fingerprint density at radius 1 is 1.09 bits per heavy atom. The monoisotopic (exact) mass is 311 g/mol. The van der Waals surface area contributed by atoms with Crippen molar-refractivity contribution in [3.63, 3.8) is 0 Å². The van der Waals surface area contributed by atoms with Crippen LogP contribution in [0.25, 0.3) is 11.3 Å². The number of aromatic nitrogens is 3. The van der Waals surface area contributed by atoms with E-state index in [0.717, 1.165) is 22.4 Å². The lowest BCUT2D eigenvalue weighted by Gasteiger charge is -2.11. The molecule has 0 aliphatic heterocycles. The first-order valence-corrected chi connectivity index (χ1v) is 7.16. The van der Waals surface area contributed by atoms with Crippen LogP contribution in [0.3, 0.4) is 0 Å². The molecule has 0 spiro atoms. The Hall–Kier alpha value is -2.86. The number of methoxy groups -OCH3 is 1. The van der Waals surface area contributed by atoms with Gasteiger partial charge in [0, 0.05) is 16.7 Å². The van der Waals surface area contributed by atoms with Crippen molar-refractivity contribution in [2.75, 3.05) is 7.11 Å². The van der Waals surface area contributed by atoms with E-state index in [1.54, 1.807) is 36.1 Å². The molecule has 0 atom stereocenters. The van der Waals surface area contributed by atoms with Gasteiger partial charge in [0.1, 0.15) is 17.2 Å². The van der Waals surface area contributed by atoms with Gasteiger partial charge in [-0.2, -0.15) is 0 Å². The van der Waals surface area contributed by atoms with E-state index in [4.69, 9.17) is 4.74 Å². The molecule has 118 valence electrons. The van der Waals surface area contributed by atoms with Gasteiger partial charge in [0.15, 0.2) is 0 Å². The number of aliphatic hydroxyl groups is 1. The zero-order chi connectivity index (χ0) is 16.2. The summed E-state index contributed by atoms with van der Waals surface area (Å²) in [7, 11) is 1.58. The molecule has 2 N–H and O–H groups in total. The van der Waals surface area contributed by atoms with Crippen molar-refractivity contribution in [3.8, 4) is 22.8 Å². The molecule has 0 aliphatic rings. The Kier molecular flexibility index (Phi) is 4.25. The summed E-state index contributed by atoms with van der Waals surface area (Å²) in [6.07, 6.45) is 1.83. The van der Waals surface area contributed by atoms with Gasteiger partial charge in [0.2, 0.25) is 0 Å². The Bertz CT molecular complexity index is 797. The number of nitrogens with zero attached hydrogens (tertiary/aromatic N) is 3. The molecule has 1 aromatic heterocycles. The molecule has 6 heteroatoms. The zero-order valence-corrected chi connectivity index (χ0v) is 12.7. The first kappa shape index (κ1) is 15.1. The molecule has 2 aromatic carbocycles. The summed E-state index contributed by atoms with van der Waals surface area (Å²) in [6, 6.07) is 12.4. The summed E-state index contributed by atoms with van der Waals surface area (Å²) >= 11 is 0. The first-order valence-electron chi connectivity index (χ1n) is 7.16. The number of hydrogen-bond acceptors (Lipinski definition) is 5. The number of aliphatic hydroxyl groups excluding tert-OH is 1. The number of phenolic OH excluding ortho intramolecular Hbond substituents is 1. The van der Waals surface area contributed by atoms with Crippen LogP contribution in [0.5, 0.6) is 11.5 Å². The predicted molar refractivity (Wildman–Crippen MR) is 85.1 cm³/mol. The van der Waals surface area contributed by atoms with Gasteiger partial charge < -0.3 is 14.9 Å². The van der Waals surface area contributed by atoms with Gasteiger partial charge >= 0.3 is 0 Å². The van der Waals surface area contributed by atoms with Crippen LogP contribution in [-0.2, 0) is 13.2 Å². The largest absolute Gasteiger partial charge is 0.508 e. The van der Waals surface area contributed by atoms with Gasteiger partial charge in [-0.1, -0.05) is 23.4 Å². The van der Waals surface area contributed by atoms with Crippen molar-refractivity contribution in [1.82, 2.24) is 15.0 Å². The highest BCUT2D eigenvalue weighted by atomic mass is 16.5. The smallest absolute Gasteiger partial charge is 0.129 e. The van der Waals surface area contributed by atoms with Crippen LogP contribution in [0.15, 0.2) is 48.7 Å². The second-order valence-corrected chi connectivity index (χ2v) is 5.12. The lowest BCUT2D eigenvalue weighted by molar-refractivity contribution is 0.273. The van der Waals surface area contributed by atoms with Gasteiger partial charge in [0.05, 0.1) is 26.5 Å². The zero-order valence-electron chi connectivity index (χ0n) is 12.7. The van der Waals surface area contributed by atoms with E-state index in [2.05, 4.69) is 10.3 Å². The van der Waals surface area contributed by atoms with E-state index in [1.807, 2.05) is 24.4 Å². The summed E-state index contributed by atoms with van der Waals surface area (Å²) in [6.45, 7) is 0.412. The Morgan fingerprint density at radius 2 is 1.83 bits per heavy atom. The molecule has 0 bridgehead atoms. The summed E-state index contributed by atoms with van der Waals surface area (Å²) in [4.78, 5) is 0. The van der Waals surface area contributed by atoms with Gasteiger partial charge in [-0.05, 0) is 24.3 Å². The lowest BCUT2D eigenvalue weighted by Crippen LogP contribution is -2.04. The van der Waals surface area contributed by atoms with Crippen LogP contribution < -0.4 is 4.74 Å². The third kappa shape index (κ3) is 3.17. The van der Waals surface area contributed by atoms with Gasteiger partial charge in [-0.3, -0.25) is 0 Å². The quantitative estimate of drug-likeness (QED) is 0.755. The third-order valence-electron chi connectivity index (χ3n) is 3.59. The molecule has 0 radical (unpaired) electrons. The van der Waals surface area contributed by atoms with Crippen molar-refractivity contribution >= 4 is 0 Å². The molecule has 1 heterocycles. The second kappa shape index (κ2) is 6.50. The van der Waals surface area contributed by atoms with E-state index < -0.39 is 0 Å². The van der Waals surface area contributed by atoms with Crippen LogP contribution in [0.4, 0.5) is 0 Å². The van der Waals surface area contributed by atoms with Crippen LogP contribution in [0.1, 0.15) is 11.1 Å². The Morgan fingerprint density at radius 3 is 2.52 bits per heavy atom. The standard InChI is InChI=1S/C17H17N3O3/c1-23-17-13(3-2-4-14(17)11-21)9-20-10-16(18-19-20)12-5-7-15(22)8-6-12/h2-8,10,21-22H,9,11H2,1H3. The van der Waals surface area contributed by atoms with Gasteiger partial charge in [-0.25, -0.2) is 4.68 Å². The molecule has 6 nitrogen and oxygen atoms in total. The van der Waals surface area contributed by atoms with E-state index >= 15 is 0 Å². The molecular weight excluding hydrogens is 294 g/mol.